The Balaban J connectivity index is 1.28. The number of amides is 2. The van der Waals surface area contributed by atoms with Gasteiger partial charge in [-0.2, -0.15) is 0 Å². The van der Waals surface area contributed by atoms with Gasteiger partial charge in [-0.3, -0.25) is 9.59 Å². The highest BCUT2D eigenvalue weighted by molar-refractivity contribution is 6.02. The van der Waals surface area contributed by atoms with E-state index < -0.39 is 0 Å². The van der Waals surface area contributed by atoms with E-state index in [-0.39, 0.29) is 18.4 Å². The molecule has 2 aromatic carbocycles. The third kappa shape index (κ3) is 6.04. The number of hydrogen-bond acceptors (Lipinski definition) is 5. The molecule has 1 aliphatic rings. The Kier molecular flexibility index (Phi) is 6.78. The van der Waals surface area contributed by atoms with Crippen molar-refractivity contribution in [1.29, 1.82) is 0 Å². The van der Waals surface area contributed by atoms with Gasteiger partial charge < -0.3 is 24.5 Å². The number of methoxy groups -OCH3 is 1. The number of carbonyl (C=O) groups excluding carboxylic acids is 2. The molecule has 1 heterocycles. The quantitative estimate of drug-likeness (QED) is 0.448. The van der Waals surface area contributed by atoms with E-state index in [2.05, 4.69) is 17.6 Å². The molecular formula is C26H26N2O5. The van der Waals surface area contributed by atoms with Crippen molar-refractivity contribution in [2.24, 2.45) is 5.92 Å². The molecule has 0 bridgehead atoms. The van der Waals surface area contributed by atoms with Crippen LogP contribution in [-0.2, 0) is 9.59 Å². The van der Waals surface area contributed by atoms with Gasteiger partial charge in [0.25, 0.3) is 5.91 Å². The summed E-state index contributed by atoms with van der Waals surface area (Å²) in [5, 5.41) is 5.54. The van der Waals surface area contributed by atoms with Gasteiger partial charge in [0.1, 0.15) is 11.5 Å². The van der Waals surface area contributed by atoms with Crippen molar-refractivity contribution in [2.75, 3.05) is 24.4 Å². The first kappa shape index (κ1) is 22.2. The summed E-state index contributed by atoms with van der Waals surface area (Å²) in [6, 6.07) is 17.8. The van der Waals surface area contributed by atoms with E-state index in [1.165, 1.54) is 13.2 Å². The van der Waals surface area contributed by atoms with Gasteiger partial charge in [0.15, 0.2) is 18.1 Å². The van der Waals surface area contributed by atoms with Gasteiger partial charge in [-0.15, -0.1) is 0 Å². The van der Waals surface area contributed by atoms with Crippen molar-refractivity contribution in [1.82, 2.24) is 0 Å². The summed E-state index contributed by atoms with van der Waals surface area (Å²) in [6.07, 6.45) is 4.22. The van der Waals surface area contributed by atoms with E-state index in [4.69, 9.17) is 13.9 Å². The summed E-state index contributed by atoms with van der Waals surface area (Å²) in [4.78, 5) is 24.6. The molecule has 2 N–H and O–H groups in total. The van der Waals surface area contributed by atoms with Crippen LogP contribution in [-0.4, -0.2) is 25.5 Å². The number of carbonyl (C=O) groups is 2. The Morgan fingerprint density at radius 3 is 2.48 bits per heavy atom. The third-order valence-electron chi connectivity index (χ3n) is 5.36. The van der Waals surface area contributed by atoms with Gasteiger partial charge in [0, 0.05) is 23.4 Å². The van der Waals surface area contributed by atoms with Crippen LogP contribution in [0.3, 0.4) is 0 Å². The van der Waals surface area contributed by atoms with Crippen LogP contribution in [0.5, 0.6) is 11.5 Å². The van der Waals surface area contributed by atoms with Gasteiger partial charge in [0.2, 0.25) is 5.91 Å². The van der Waals surface area contributed by atoms with Crippen molar-refractivity contribution in [3.8, 4) is 11.5 Å². The zero-order valence-electron chi connectivity index (χ0n) is 18.5. The summed E-state index contributed by atoms with van der Waals surface area (Å²) in [6.45, 7) is 2.02. The number of furan rings is 1. The summed E-state index contributed by atoms with van der Waals surface area (Å²) in [5.74, 6) is 3.19. The molecule has 7 nitrogen and oxygen atoms in total. The molecule has 0 radical (unpaired) electrons. The van der Waals surface area contributed by atoms with Crippen LogP contribution < -0.4 is 20.1 Å². The topological polar surface area (TPSA) is 89.8 Å². The van der Waals surface area contributed by atoms with Crippen LogP contribution in [0.1, 0.15) is 30.8 Å². The van der Waals surface area contributed by atoms with Gasteiger partial charge in [-0.25, -0.2) is 0 Å². The molecule has 3 aromatic rings. The van der Waals surface area contributed by atoms with Crippen LogP contribution in [0.2, 0.25) is 0 Å². The lowest BCUT2D eigenvalue weighted by Gasteiger charge is -2.11. The molecule has 1 saturated carbocycles. The normalized spacial score (nSPS) is 16.9. The van der Waals surface area contributed by atoms with Gasteiger partial charge >= 0.3 is 0 Å². The lowest BCUT2D eigenvalue weighted by Crippen LogP contribution is -2.20. The first-order valence-electron chi connectivity index (χ1n) is 10.8. The Hall–Kier alpha value is -4.00. The minimum atomic E-state index is -0.331. The lowest BCUT2D eigenvalue weighted by molar-refractivity contribution is -0.118. The first-order valence-corrected chi connectivity index (χ1v) is 10.8. The molecule has 0 spiro atoms. The standard InChI is InChI=1S/C26H26N2O5/c1-17-14-21(17)22-12-10-20(33-22)11-13-25(29)27-18-6-5-7-19(15-18)28-26(30)16-32-24-9-4-3-8-23(24)31-2/h3-13,15,17,21H,14,16H2,1-2H3,(H,27,29)(H,28,30)/b13-11+. The number of rotatable bonds is 9. The van der Waals surface area contributed by atoms with Crippen molar-refractivity contribution >= 4 is 29.3 Å². The molecule has 1 aliphatic carbocycles. The first-order chi connectivity index (χ1) is 16.0. The van der Waals surface area contributed by atoms with E-state index in [1.807, 2.05) is 18.2 Å². The number of anilines is 2. The number of para-hydroxylation sites is 2. The fraction of sp³-hybridized carbons (Fsp3) is 0.231. The number of ether oxygens (including phenoxy) is 2. The lowest BCUT2D eigenvalue weighted by atomic mass is 10.2. The summed E-state index contributed by atoms with van der Waals surface area (Å²) < 4.78 is 16.5. The molecule has 1 aromatic heterocycles. The highest BCUT2D eigenvalue weighted by Crippen LogP contribution is 2.47. The number of nitrogens with one attached hydrogen (secondary N) is 2. The Morgan fingerprint density at radius 2 is 1.76 bits per heavy atom. The molecule has 2 atom stereocenters. The van der Waals surface area contributed by atoms with Gasteiger partial charge in [0.05, 0.1) is 7.11 Å². The Labute approximate surface area is 192 Å². The van der Waals surface area contributed by atoms with E-state index >= 15 is 0 Å². The zero-order valence-corrected chi connectivity index (χ0v) is 18.5. The highest BCUT2D eigenvalue weighted by Gasteiger charge is 2.36. The van der Waals surface area contributed by atoms with Gasteiger partial charge in [-0.1, -0.05) is 25.1 Å². The molecular weight excluding hydrogens is 420 g/mol. The second-order valence-corrected chi connectivity index (χ2v) is 7.95. The predicted octanol–water partition coefficient (Wildman–Crippen LogP) is 5.08. The largest absolute Gasteiger partial charge is 0.493 e. The summed E-state index contributed by atoms with van der Waals surface area (Å²) >= 11 is 0. The maximum atomic E-state index is 12.3. The van der Waals surface area contributed by atoms with Gasteiger partial charge in [-0.05, 0) is 60.9 Å². The van der Waals surface area contributed by atoms with Crippen LogP contribution in [0.15, 0.2) is 71.2 Å². The van der Waals surface area contributed by atoms with Crippen molar-refractivity contribution in [3.63, 3.8) is 0 Å². The zero-order chi connectivity index (χ0) is 23.2. The molecule has 170 valence electrons. The molecule has 4 rings (SSSR count). The Morgan fingerprint density at radius 1 is 1.03 bits per heavy atom. The molecule has 7 heteroatoms. The van der Waals surface area contributed by atoms with Crippen LogP contribution in [0, 0.1) is 5.92 Å². The minimum Gasteiger partial charge on any atom is -0.493 e. The van der Waals surface area contributed by atoms with E-state index in [1.54, 1.807) is 48.5 Å². The second-order valence-electron chi connectivity index (χ2n) is 7.95. The smallest absolute Gasteiger partial charge is 0.262 e. The summed E-state index contributed by atoms with van der Waals surface area (Å²) in [7, 11) is 1.54. The molecule has 2 amide bonds. The fourth-order valence-corrected chi connectivity index (χ4v) is 3.47. The van der Waals surface area contributed by atoms with Crippen molar-refractivity contribution in [3.05, 3.63) is 78.3 Å². The molecule has 0 saturated heterocycles. The van der Waals surface area contributed by atoms with Crippen LogP contribution in [0.4, 0.5) is 11.4 Å². The average molecular weight is 447 g/mol. The fourth-order valence-electron chi connectivity index (χ4n) is 3.47. The predicted molar refractivity (Wildman–Crippen MR) is 126 cm³/mol. The number of hydrogen-bond donors (Lipinski definition) is 2. The third-order valence-corrected chi connectivity index (χ3v) is 5.36. The monoisotopic (exact) mass is 446 g/mol. The van der Waals surface area contributed by atoms with E-state index in [9.17, 15) is 9.59 Å². The second kappa shape index (κ2) is 10.1. The molecule has 33 heavy (non-hydrogen) atoms. The molecule has 1 fully saturated rings. The van der Waals surface area contributed by atoms with Crippen molar-refractivity contribution < 1.29 is 23.5 Å². The number of benzene rings is 2. The van der Waals surface area contributed by atoms with Crippen molar-refractivity contribution in [2.45, 2.75) is 19.3 Å². The Bertz CT molecular complexity index is 1170. The molecule has 0 aliphatic heterocycles. The van der Waals surface area contributed by atoms with Crippen LogP contribution >= 0.6 is 0 Å². The maximum absolute atomic E-state index is 12.3. The maximum Gasteiger partial charge on any atom is 0.262 e. The summed E-state index contributed by atoms with van der Waals surface area (Å²) in [5.41, 5.74) is 1.10. The average Bonchev–Trinajstić information content (AvgIpc) is 3.35. The minimum absolute atomic E-state index is 0.176. The highest BCUT2D eigenvalue weighted by atomic mass is 16.5. The van der Waals surface area contributed by atoms with E-state index in [0.29, 0.717) is 40.5 Å². The van der Waals surface area contributed by atoms with Crippen LogP contribution in [0.25, 0.3) is 6.08 Å². The molecule has 2 unspecified atom stereocenters. The van der Waals surface area contributed by atoms with E-state index in [0.717, 1.165) is 12.2 Å². The SMILES string of the molecule is COc1ccccc1OCC(=O)Nc1cccc(NC(=O)/C=C/c2ccc(C3CC3C)o2)c1.